The molecule has 0 aliphatic carbocycles. The van der Waals surface area contributed by atoms with Crippen LogP contribution in [0.3, 0.4) is 0 Å². The Kier molecular flexibility index (Phi) is 6.34. The molecular formula is C26H31N5OS. The van der Waals surface area contributed by atoms with Gasteiger partial charge in [-0.25, -0.2) is 15.0 Å². The van der Waals surface area contributed by atoms with Crippen LogP contribution in [0, 0.1) is 13.8 Å². The molecule has 0 radical (unpaired) electrons. The van der Waals surface area contributed by atoms with Crippen LogP contribution in [-0.2, 0) is 16.8 Å². The van der Waals surface area contributed by atoms with Gasteiger partial charge in [0.1, 0.15) is 18.2 Å². The lowest BCUT2D eigenvalue weighted by atomic mass is 9.95. The first-order chi connectivity index (χ1) is 15.6. The summed E-state index contributed by atoms with van der Waals surface area (Å²) in [5.74, 6) is 1.74. The smallest absolute Gasteiger partial charge is 0.134 e. The molecule has 1 aliphatic rings. The number of pyridine rings is 1. The zero-order valence-electron chi connectivity index (χ0n) is 20.4. The minimum atomic E-state index is -0.120. The summed E-state index contributed by atoms with van der Waals surface area (Å²) < 4.78 is 6.11. The summed E-state index contributed by atoms with van der Waals surface area (Å²) >= 11 is 1.65. The zero-order chi connectivity index (χ0) is 23.8. The summed E-state index contributed by atoms with van der Waals surface area (Å²) in [6, 6.07) is 4.05. The van der Waals surface area contributed by atoms with Crippen molar-refractivity contribution < 1.29 is 4.74 Å². The summed E-state index contributed by atoms with van der Waals surface area (Å²) in [4.78, 5) is 20.7. The topological polar surface area (TPSA) is 64.0 Å². The summed E-state index contributed by atoms with van der Waals surface area (Å²) in [5, 5.41) is 3.11. The van der Waals surface area contributed by atoms with E-state index in [-0.39, 0.29) is 5.41 Å². The van der Waals surface area contributed by atoms with Gasteiger partial charge in [0, 0.05) is 41.1 Å². The van der Waals surface area contributed by atoms with E-state index in [1.54, 1.807) is 11.3 Å². The number of thiazole rings is 1. The molecule has 172 valence electrons. The second kappa shape index (κ2) is 9.06. The van der Waals surface area contributed by atoms with Gasteiger partial charge in [-0.15, -0.1) is 11.3 Å². The van der Waals surface area contributed by atoms with E-state index in [0.29, 0.717) is 6.61 Å². The van der Waals surface area contributed by atoms with E-state index in [4.69, 9.17) is 9.72 Å². The Morgan fingerprint density at radius 3 is 2.55 bits per heavy atom. The van der Waals surface area contributed by atoms with E-state index in [1.165, 1.54) is 5.57 Å². The van der Waals surface area contributed by atoms with Crippen molar-refractivity contribution in [3.63, 3.8) is 0 Å². The van der Waals surface area contributed by atoms with Crippen molar-refractivity contribution in [2.45, 2.75) is 60.5 Å². The molecule has 0 saturated carbocycles. The van der Waals surface area contributed by atoms with Crippen LogP contribution in [0.5, 0.6) is 0 Å². The van der Waals surface area contributed by atoms with Crippen LogP contribution in [0.15, 0.2) is 53.0 Å². The highest BCUT2D eigenvalue weighted by Gasteiger charge is 2.22. The van der Waals surface area contributed by atoms with E-state index in [2.05, 4.69) is 78.9 Å². The van der Waals surface area contributed by atoms with Crippen molar-refractivity contribution >= 4 is 17.0 Å². The first-order valence-corrected chi connectivity index (χ1v) is 12.0. The second-order valence-electron chi connectivity index (χ2n) is 9.53. The van der Waals surface area contributed by atoms with Crippen molar-refractivity contribution in [2.24, 2.45) is 0 Å². The van der Waals surface area contributed by atoms with Gasteiger partial charge in [-0.3, -0.25) is 4.98 Å². The summed E-state index contributed by atoms with van der Waals surface area (Å²) in [7, 11) is 0. The highest BCUT2D eigenvalue weighted by Crippen LogP contribution is 2.32. The van der Waals surface area contributed by atoms with Gasteiger partial charge in [0.05, 0.1) is 22.1 Å². The maximum Gasteiger partial charge on any atom is 0.134 e. The normalized spacial score (nSPS) is 14.5. The van der Waals surface area contributed by atoms with Gasteiger partial charge >= 0.3 is 0 Å². The van der Waals surface area contributed by atoms with E-state index in [1.807, 2.05) is 25.4 Å². The highest BCUT2D eigenvalue weighted by atomic mass is 32.1. The molecule has 0 saturated heterocycles. The SMILES string of the molecule is CC1=CC(OCc2csc(C)n2)=C(C)CN1c1cc(-c2ccnc(C(C)(C)C)n2)ncc1C. The van der Waals surface area contributed by atoms with Crippen LogP contribution in [-0.4, -0.2) is 26.5 Å². The Morgan fingerprint density at radius 1 is 1.06 bits per heavy atom. The predicted molar refractivity (Wildman–Crippen MR) is 134 cm³/mol. The van der Waals surface area contributed by atoms with Crippen LogP contribution >= 0.6 is 11.3 Å². The molecule has 4 heterocycles. The van der Waals surface area contributed by atoms with Gasteiger partial charge in [0.15, 0.2) is 0 Å². The number of nitrogens with zero attached hydrogens (tertiary/aromatic N) is 5. The number of allylic oxidation sites excluding steroid dienone is 2. The van der Waals surface area contributed by atoms with Gasteiger partial charge < -0.3 is 9.64 Å². The average molecular weight is 462 g/mol. The van der Waals surface area contributed by atoms with Gasteiger partial charge in [0.25, 0.3) is 0 Å². The van der Waals surface area contributed by atoms with Gasteiger partial charge in [-0.05, 0) is 57.0 Å². The number of hydrogen-bond acceptors (Lipinski definition) is 7. The van der Waals surface area contributed by atoms with Crippen LogP contribution in [0.4, 0.5) is 5.69 Å². The third-order valence-corrected chi connectivity index (χ3v) is 6.40. The zero-order valence-corrected chi connectivity index (χ0v) is 21.2. The molecule has 6 nitrogen and oxygen atoms in total. The molecule has 0 fully saturated rings. The molecule has 0 unspecified atom stereocenters. The van der Waals surface area contributed by atoms with Crippen LogP contribution in [0.25, 0.3) is 11.4 Å². The maximum absolute atomic E-state index is 6.11. The Bertz CT molecular complexity index is 1240. The Balaban J connectivity index is 1.59. The number of rotatable bonds is 5. The second-order valence-corrected chi connectivity index (χ2v) is 10.6. The number of aromatic nitrogens is 4. The molecule has 3 aromatic heterocycles. The largest absolute Gasteiger partial charge is 0.487 e. The van der Waals surface area contributed by atoms with E-state index < -0.39 is 0 Å². The van der Waals surface area contributed by atoms with E-state index in [0.717, 1.165) is 57.2 Å². The molecule has 0 amide bonds. The molecule has 0 aromatic carbocycles. The monoisotopic (exact) mass is 461 g/mol. The van der Waals surface area contributed by atoms with Gasteiger partial charge in [-0.2, -0.15) is 0 Å². The average Bonchev–Trinajstić information content (AvgIpc) is 3.19. The van der Waals surface area contributed by atoms with Crippen molar-refractivity contribution in [1.82, 2.24) is 19.9 Å². The van der Waals surface area contributed by atoms with E-state index in [9.17, 15) is 0 Å². The number of anilines is 1. The Labute approximate surface area is 200 Å². The molecule has 0 spiro atoms. The van der Waals surface area contributed by atoms with Crippen molar-refractivity contribution in [3.05, 3.63) is 75.1 Å². The number of hydrogen-bond donors (Lipinski definition) is 0. The molecule has 1 aliphatic heterocycles. The standard InChI is InChI=1S/C26H31N5OS/c1-16-12-28-22(21-8-9-27-25(30-21)26(5,6)7)11-23(16)31-13-17(2)24(10-18(31)3)32-14-20-15-33-19(4)29-20/h8-12,15H,13-14H2,1-7H3. The highest BCUT2D eigenvalue weighted by molar-refractivity contribution is 7.09. The van der Waals surface area contributed by atoms with Gasteiger partial charge in [0.2, 0.25) is 0 Å². The lowest BCUT2D eigenvalue weighted by Crippen LogP contribution is -2.28. The maximum atomic E-state index is 6.11. The summed E-state index contributed by atoms with van der Waals surface area (Å²) in [6.45, 7) is 15.9. The Hall–Kier alpha value is -3.06. The fourth-order valence-electron chi connectivity index (χ4n) is 3.70. The first-order valence-electron chi connectivity index (χ1n) is 11.1. The number of aryl methyl sites for hydroxylation is 2. The molecule has 33 heavy (non-hydrogen) atoms. The fourth-order valence-corrected chi connectivity index (χ4v) is 4.30. The van der Waals surface area contributed by atoms with Crippen LogP contribution < -0.4 is 4.90 Å². The minimum Gasteiger partial charge on any atom is -0.487 e. The molecular weight excluding hydrogens is 430 g/mol. The third kappa shape index (κ3) is 5.14. The Morgan fingerprint density at radius 2 is 1.85 bits per heavy atom. The lowest BCUT2D eigenvalue weighted by molar-refractivity contribution is 0.203. The van der Waals surface area contributed by atoms with Crippen molar-refractivity contribution in [2.75, 3.05) is 11.4 Å². The third-order valence-electron chi connectivity index (χ3n) is 5.58. The quantitative estimate of drug-likeness (QED) is 0.456. The summed E-state index contributed by atoms with van der Waals surface area (Å²) in [5.41, 5.74) is 7.09. The number of ether oxygens (including phenoxy) is 1. The van der Waals surface area contributed by atoms with Crippen molar-refractivity contribution in [1.29, 1.82) is 0 Å². The van der Waals surface area contributed by atoms with Crippen molar-refractivity contribution in [3.8, 4) is 11.4 Å². The van der Waals surface area contributed by atoms with Crippen LogP contribution in [0.2, 0.25) is 0 Å². The fraction of sp³-hybridized carbons (Fsp3) is 0.385. The lowest BCUT2D eigenvalue weighted by Gasteiger charge is -2.32. The molecule has 3 aromatic rings. The minimum absolute atomic E-state index is 0.120. The molecule has 0 atom stereocenters. The summed E-state index contributed by atoms with van der Waals surface area (Å²) in [6.07, 6.45) is 5.85. The molecule has 4 rings (SSSR count). The van der Waals surface area contributed by atoms with Gasteiger partial charge in [-0.1, -0.05) is 20.8 Å². The molecule has 0 N–H and O–H groups in total. The molecule has 0 bridgehead atoms. The first kappa shape index (κ1) is 23.1. The molecule has 7 heteroatoms. The van der Waals surface area contributed by atoms with E-state index >= 15 is 0 Å². The predicted octanol–water partition coefficient (Wildman–Crippen LogP) is 6.12. The van der Waals surface area contributed by atoms with Crippen LogP contribution in [0.1, 0.15) is 56.7 Å².